The van der Waals surface area contributed by atoms with Gasteiger partial charge in [-0.2, -0.15) is 0 Å². The van der Waals surface area contributed by atoms with Crippen LogP contribution >= 0.6 is 11.3 Å². The molecule has 0 saturated carbocycles. The van der Waals surface area contributed by atoms with Gasteiger partial charge in [-0.25, -0.2) is 4.98 Å². The molecule has 1 aromatic carbocycles. The lowest BCUT2D eigenvalue weighted by molar-refractivity contribution is 0.414. The molecule has 0 fully saturated rings. The molecule has 0 aliphatic heterocycles. The maximum Gasteiger partial charge on any atom is 0.119 e. The second kappa shape index (κ2) is 7.57. The third-order valence-electron chi connectivity index (χ3n) is 3.46. The van der Waals surface area contributed by atoms with Gasteiger partial charge in [0.05, 0.1) is 17.8 Å². The summed E-state index contributed by atoms with van der Waals surface area (Å²) in [6, 6.07) is 8.58. The SMILES string of the molecule is CCCNC(C)c1sc(Cc2cccc(OC)c2)nc1C. The molecule has 1 unspecified atom stereocenters. The van der Waals surface area contributed by atoms with Gasteiger partial charge in [-0.3, -0.25) is 0 Å². The summed E-state index contributed by atoms with van der Waals surface area (Å²) in [6.07, 6.45) is 2.02. The molecule has 1 atom stereocenters. The average molecular weight is 304 g/mol. The fourth-order valence-corrected chi connectivity index (χ4v) is 3.48. The van der Waals surface area contributed by atoms with E-state index in [4.69, 9.17) is 9.72 Å². The molecular formula is C17H24N2OS. The first-order valence-electron chi connectivity index (χ1n) is 7.46. The van der Waals surface area contributed by atoms with Crippen LogP contribution in [0.25, 0.3) is 0 Å². The molecular weight excluding hydrogens is 280 g/mol. The Labute approximate surface area is 131 Å². The summed E-state index contributed by atoms with van der Waals surface area (Å²) in [5, 5.41) is 4.70. The van der Waals surface area contributed by atoms with Crippen LogP contribution in [0.5, 0.6) is 5.75 Å². The first-order valence-corrected chi connectivity index (χ1v) is 8.28. The molecule has 0 aliphatic rings. The molecule has 0 radical (unpaired) electrons. The van der Waals surface area contributed by atoms with Crippen molar-refractivity contribution in [2.75, 3.05) is 13.7 Å². The number of aryl methyl sites for hydroxylation is 1. The summed E-state index contributed by atoms with van der Waals surface area (Å²) in [4.78, 5) is 6.08. The molecule has 1 N–H and O–H groups in total. The van der Waals surface area contributed by atoms with E-state index in [1.807, 2.05) is 23.5 Å². The number of nitrogens with one attached hydrogen (secondary N) is 1. The number of nitrogens with zero attached hydrogens (tertiary/aromatic N) is 1. The van der Waals surface area contributed by atoms with Crippen LogP contribution < -0.4 is 10.1 Å². The average Bonchev–Trinajstić information content (AvgIpc) is 2.85. The summed E-state index contributed by atoms with van der Waals surface area (Å²) in [5.74, 6) is 0.902. The maximum absolute atomic E-state index is 5.28. The van der Waals surface area contributed by atoms with Crippen molar-refractivity contribution in [3.8, 4) is 5.75 Å². The highest BCUT2D eigenvalue weighted by Gasteiger charge is 2.14. The summed E-state index contributed by atoms with van der Waals surface area (Å²) in [7, 11) is 1.70. The number of rotatable bonds is 7. The Balaban J connectivity index is 2.10. The highest BCUT2D eigenvalue weighted by Crippen LogP contribution is 2.27. The molecule has 0 amide bonds. The number of thiazole rings is 1. The Morgan fingerprint density at radius 1 is 1.38 bits per heavy atom. The van der Waals surface area contributed by atoms with Crippen LogP contribution in [0.1, 0.15) is 47.5 Å². The topological polar surface area (TPSA) is 34.1 Å². The van der Waals surface area contributed by atoms with Gasteiger partial charge in [-0.15, -0.1) is 11.3 Å². The van der Waals surface area contributed by atoms with Gasteiger partial charge in [-0.05, 0) is 44.5 Å². The van der Waals surface area contributed by atoms with Crippen LogP contribution in [0, 0.1) is 6.92 Å². The fourth-order valence-electron chi connectivity index (χ4n) is 2.35. The zero-order valence-corrected chi connectivity index (χ0v) is 14.1. The monoisotopic (exact) mass is 304 g/mol. The first kappa shape index (κ1) is 16.0. The van der Waals surface area contributed by atoms with Gasteiger partial charge < -0.3 is 10.1 Å². The highest BCUT2D eigenvalue weighted by atomic mass is 32.1. The van der Waals surface area contributed by atoms with Crippen LogP contribution in [0.4, 0.5) is 0 Å². The Bertz CT molecular complexity index is 580. The Hall–Kier alpha value is -1.39. The van der Waals surface area contributed by atoms with E-state index in [1.165, 1.54) is 15.4 Å². The number of ether oxygens (including phenoxy) is 1. The maximum atomic E-state index is 5.28. The van der Waals surface area contributed by atoms with Crippen LogP contribution in [0.15, 0.2) is 24.3 Å². The van der Waals surface area contributed by atoms with Crippen molar-refractivity contribution in [2.24, 2.45) is 0 Å². The molecule has 1 aromatic heterocycles. The molecule has 1 heterocycles. The Morgan fingerprint density at radius 3 is 2.90 bits per heavy atom. The van der Waals surface area contributed by atoms with Gasteiger partial charge in [0.25, 0.3) is 0 Å². The van der Waals surface area contributed by atoms with E-state index in [1.54, 1.807) is 7.11 Å². The molecule has 0 bridgehead atoms. The van der Waals surface area contributed by atoms with Gasteiger partial charge in [0.15, 0.2) is 0 Å². The number of hydrogen-bond acceptors (Lipinski definition) is 4. The number of hydrogen-bond donors (Lipinski definition) is 1. The lowest BCUT2D eigenvalue weighted by Crippen LogP contribution is -2.18. The standard InChI is InChI=1S/C17H24N2OS/c1-5-9-18-12(2)17-13(3)19-16(21-17)11-14-7-6-8-15(10-14)20-4/h6-8,10,12,18H,5,9,11H2,1-4H3. The van der Waals surface area contributed by atoms with Crippen molar-refractivity contribution in [1.29, 1.82) is 0 Å². The first-order chi connectivity index (χ1) is 10.1. The predicted octanol–water partition coefficient (Wildman–Crippen LogP) is 4.11. The lowest BCUT2D eigenvalue weighted by Gasteiger charge is -2.11. The van der Waals surface area contributed by atoms with E-state index in [2.05, 4.69) is 38.2 Å². The zero-order valence-electron chi connectivity index (χ0n) is 13.3. The van der Waals surface area contributed by atoms with Gasteiger partial charge in [-0.1, -0.05) is 19.1 Å². The predicted molar refractivity (Wildman–Crippen MR) is 89.4 cm³/mol. The number of methoxy groups -OCH3 is 1. The van der Waals surface area contributed by atoms with E-state index in [0.717, 1.165) is 30.8 Å². The van der Waals surface area contributed by atoms with Crippen LogP contribution in [0.3, 0.4) is 0 Å². The largest absolute Gasteiger partial charge is 0.497 e. The third-order valence-corrected chi connectivity index (χ3v) is 4.80. The zero-order chi connectivity index (χ0) is 15.2. The minimum absolute atomic E-state index is 0.376. The summed E-state index contributed by atoms with van der Waals surface area (Å²) in [6.45, 7) is 7.55. The molecule has 0 saturated heterocycles. The summed E-state index contributed by atoms with van der Waals surface area (Å²) in [5.41, 5.74) is 2.39. The third kappa shape index (κ3) is 4.29. The minimum Gasteiger partial charge on any atom is -0.497 e. The lowest BCUT2D eigenvalue weighted by atomic mass is 10.1. The van der Waals surface area contributed by atoms with Crippen molar-refractivity contribution < 1.29 is 4.74 Å². The van der Waals surface area contributed by atoms with Crippen LogP contribution in [-0.4, -0.2) is 18.6 Å². The van der Waals surface area contributed by atoms with Gasteiger partial charge in [0.1, 0.15) is 5.75 Å². The number of aromatic nitrogens is 1. The van der Waals surface area contributed by atoms with Crippen LogP contribution in [-0.2, 0) is 6.42 Å². The summed E-state index contributed by atoms with van der Waals surface area (Å²) < 4.78 is 5.28. The second-order valence-electron chi connectivity index (χ2n) is 5.26. The molecule has 114 valence electrons. The Morgan fingerprint density at radius 2 is 2.19 bits per heavy atom. The van der Waals surface area contributed by atoms with Crippen molar-refractivity contribution in [2.45, 2.75) is 39.7 Å². The molecule has 4 heteroatoms. The molecule has 2 rings (SSSR count). The molecule has 2 aromatic rings. The van der Waals surface area contributed by atoms with E-state index >= 15 is 0 Å². The molecule has 0 aliphatic carbocycles. The number of benzene rings is 1. The van der Waals surface area contributed by atoms with E-state index in [-0.39, 0.29) is 0 Å². The second-order valence-corrected chi connectivity index (χ2v) is 6.38. The van der Waals surface area contributed by atoms with Crippen LogP contribution in [0.2, 0.25) is 0 Å². The van der Waals surface area contributed by atoms with Crippen molar-refractivity contribution in [3.63, 3.8) is 0 Å². The smallest absolute Gasteiger partial charge is 0.119 e. The summed E-state index contributed by atoms with van der Waals surface area (Å²) >= 11 is 1.81. The normalized spacial score (nSPS) is 12.4. The van der Waals surface area contributed by atoms with E-state index in [9.17, 15) is 0 Å². The van der Waals surface area contributed by atoms with Gasteiger partial charge in [0.2, 0.25) is 0 Å². The molecule has 3 nitrogen and oxygen atoms in total. The quantitative estimate of drug-likeness (QED) is 0.836. The minimum atomic E-state index is 0.376. The van der Waals surface area contributed by atoms with Gasteiger partial charge >= 0.3 is 0 Å². The van der Waals surface area contributed by atoms with E-state index < -0.39 is 0 Å². The Kier molecular flexibility index (Phi) is 5.76. The molecule has 0 spiro atoms. The highest BCUT2D eigenvalue weighted by molar-refractivity contribution is 7.11. The molecule has 21 heavy (non-hydrogen) atoms. The fraction of sp³-hybridized carbons (Fsp3) is 0.471. The van der Waals surface area contributed by atoms with Crippen molar-refractivity contribution in [3.05, 3.63) is 45.4 Å². The van der Waals surface area contributed by atoms with E-state index in [0.29, 0.717) is 6.04 Å². The van der Waals surface area contributed by atoms with Gasteiger partial charge in [0, 0.05) is 17.3 Å². The van der Waals surface area contributed by atoms with Crippen molar-refractivity contribution in [1.82, 2.24) is 10.3 Å². The van der Waals surface area contributed by atoms with Crippen molar-refractivity contribution >= 4 is 11.3 Å².